The maximum atomic E-state index is 9.55. The Morgan fingerprint density at radius 3 is 2.85 bits per heavy atom. The second-order valence-corrected chi connectivity index (χ2v) is 5.22. The molecule has 0 fully saturated rings. The van der Waals surface area contributed by atoms with Crippen molar-refractivity contribution >= 4 is 0 Å². The number of hydrogen-bond donors (Lipinski definition) is 2. The zero-order valence-corrected chi connectivity index (χ0v) is 11.4. The minimum Gasteiger partial charge on any atom is -0.508 e. The molecule has 3 rings (SSSR count). The van der Waals surface area contributed by atoms with Crippen molar-refractivity contribution in [1.82, 2.24) is 5.48 Å². The highest BCUT2D eigenvalue weighted by Crippen LogP contribution is 2.31. The van der Waals surface area contributed by atoms with Crippen molar-refractivity contribution < 1.29 is 9.94 Å². The molecule has 3 nitrogen and oxygen atoms in total. The van der Waals surface area contributed by atoms with Crippen LogP contribution in [0.3, 0.4) is 0 Å². The van der Waals surface area contributed by atoms with E-state index in [4.69, 9.17) is 4.84 Å². The summed E-state index contributed by atoms with van der Waals surface area (Å²) in [5.74, 6) is 0.342. The summed E-state index contributed by atoms with van der Waals surface area (Å²) in [5, 5.41) is 9.55. The number of benzene rings is 2. The van der Waals surface area contributed by atoms with E-state index in [1.54, 1.807) is 6.07 Å². The summed E-state index contributed by atoms with van der Waals surface area (Å²) >= 11 is 0. The predicted octanol–water partition coefficient (Wildman–Crippen LogP) is 3.49. The fourth-order valence-electron chi connectivity index (χ4n) is 2.72. The van der Waals surface area contributed by atoms with Crippen molar-refractivity contribution in [2.75, 3.05) is 0 Å². The van der Waals surface area contributed by atoms with Gasteiger partial charge in [-0.05, 0) is 48.1 Å². The maximum absolute atomic E-state index is 9.55. The number of hydrogen-bond acceptors (Lipinski definition) is 3. The van der Waals surface area contributed by atoms with Gasteiger partial charge in [0.15, 0.2) is 0 Å². The molecule has 2 aromatic carbocycles. The van der Waals surface area contributed by atoms with Gasteiger partial charge in [0.2, 0.25) is 0 Å². The van der Waals surface area contributed by atoms with E-state index in [-0.39, 0.29) is 6.04 Å². The van der Waals surface area contributed by atoms with E-state index >= 15 is 0 Å². The third-order valence-electron chi connectivity index (χ3n) is 3.75. The molecule has 3 heteroatoms. The quantitative estimate of drug-likeness (QED) is 0.835. The van der Waals surface area contributed by atoms with Gasteiger partial charge >= 0.3 is 0 Å². The Labute approximate surface area is 119 Å². The lowest BCUT2D eigenvalue weighted by Crippen LogP contribution is -2.25. The van der Waals surface area contributed by atoms with Crippen molar-refractivity contribution in [2.24, 2.45) is 0 Å². The molecule has 0 heterocycles. The summed E-state index contributed by atoms with van der Waals surface area (Å²) in [6, 6.07) is 15.9. The predicted molar refractivity (Wildman–Crippen MR) is 78.2 cm³/mol. The lowest BCUT2D eigenvalue weighted by atomic mass is 9.88. The minimum atomic E-state index is 0.211. The van der Waals surface area contributed by atoms with Gasteiger partial charge in [0.05, 0.1) is 12.6 Å². The zero-order chi connectivity index (χ0) is 13.8. The molecule has 0 amide bonds. The van der Waals surface area contributed by atoms with Gasteiger partial charge in [0.25, 0.3) is 0 Å². The maximum Gasteiger partial charge on any atom is 0.115 e. The molecule has 1 atom stereocenters. The molecule has 0 aliphatic heterocycles. The molecule has 20 heavy (non-hydrogen) atoms. The SMILES string of the molecule is Oc1ccc2c(c1)CCCC2NOCc1ccccc1. The Bertz CT molecular complexity index is 568. The van der Waals surface area contributed by atoms with Crippen molar-refractivity contribution in [2.45, 2.75) is 31.9 Å². The first kappa shape index (κ1) is 13.2. The van der Waals surface area contributed by atoms with E-state index < -0.39 is 0 Å². The molecule has 104 valence electrons. The van der Waals surface area contributed by atoms with Gasteiger partial charge in [-0.2, -0.15) is 5.48 Å². The van der Waals surface area contributed by atoms with Gasteiger partial charge in [0.1, 0.15) is 5.75 Å². The second kappa shape index (κ2) is 6.07. The number of phenolic OH excluding ortho intramolecular Hbond substituents is 1. The highest BCUT2D eigenvalue weighted by atomic mass is 16.6. The third-order valence-corrected chi connectivity index (χ3v) is 3.75. The number of phenols is 1. The lowest BCUT2D eigenvalue weighted by Gasteiger charge is -2.26. The number of rotatable bonds is 4. The Hall–Kier alpha value is -1.84. The zero-order valence-electron chi connectivity index (χ0n) is 11.4. The number of aryl methyl sites for hydroxylation is 1. The van der Waals surface area contributed by atoms with Gasteiger partial charge in [0, 0.05) is 0 Å². The second-order valence-electron chi connectivity index (χ2n) is 5.22. The molecule has 1 unspecified atom stereocenters. The molecule has 0 spiro atoms. The Morgan fingerprint density at radius 2 is 2.00 bits per heavy atom. The van der Waals surface area contributed by atoms with Crippen LogP contribution in [0.1, 0.15) is 35.6 Å². The number of hydroxylamine groups is 1. The van der Waals surface area contributed by atoms with Crippen LogP contribution in [0.5, 0.6) is 5.75 Å². The Morgan fingerprint density at radius 1 is 1.15 bits per heavy atom. The molecule has 0 aromatic heterocycles. The molecule has 2 N–H and O–H groups in total. The molecule has 0 saturated heterocycles. The van der Waals surface area contributed by atoms with Crippen LogP contribution in [0.25, 0.3) is 0 Å². The molecule has 2 aromatic rings. The number of aromatic hydroxyl groups is 1. The summed E-state index contributed by atoms with van der Waals surface area (Å²) in [5.41, 5.74) is 6.78. The van der Waals surface area contributed by atoms with Gasteiger partial charge in [-0.3, -0.25) is 4.84 Å². The fraction of sp³-hybridized carbons (Fsp3) is 0.294. The highest BCUT2D eigenvalue weighted by molar-refractivity contribution is 5.38. The van der Waals surface area contributed by atoms with Crippen LogP contribution < -0.4 is 5.48 Å². The van der Waals surface area contributed by atoms with Crippen LogP contribution >= 0.6 is 0 Å². The van der Waals surface area contributed by atoms with Gasteiger partial charge in [-0.25, -0.2) is 0 Å². The van der Waals surface area contributed by atoms with Crippen molar-refractivity contribution in [3.8, 4) is 5.75 Å². The summed E-state index contributed by atoms with van der Waals surface area (Å²) in [6.07, 6.45) is 3.20. The van der Waals surface area contributed by atoms with E-state index in [1.807, 2.05) is 30.3 Å². The number of fused-ring (bicyclic) bond motifs is 1. The molecule has 1 aliphatic carbocycles. The van der Waals surface area contributed by atoms with Crippen LogP contribution in [0.4, 0.5) is 0 Å². The Balaban J connectivity index is 1.62. The third kappa shape index (κ3) is 3.00. The molecule has 0 saturated carbocycles. The Kier molecular flexibility index (Phi) is 4.00. The first-order chi connectivity index (χ1) is 9.83. The summed E-state index contributed by atoms with van der Waals surface area (Å²) in [4.78, 5) is 5.63. The summed E-state index contributed by atoms with van der Waals surface area (Å²) in [6.45, 7) is 0.560. The standard InChI is InChI=1S/C17H19NO2/c19-15-9-10-16-14(11-15)7-4-8-17(16)18-20-12-13-5-2-1-3-6-13/h1-3,5-6,9-11,17-19H,4,7-8,12H2. The molecule has 1 aliphatic rings. The topological polar surface area (TPSA) is 41.5 Å². The van der Waals surface area contributed by atoms with Crippen LogP contribution in [0, 0.1) is 0 Å². The van der Waals surface area contributed by atoms with Crippen LogP contribution in [-0.4, -0.2) is 5.11 Å². The molecule has 0 radical (unpaired) electrons. The van der Waals surface area contributed by atoms with E-state index in [0.717, 1.165) is 24.8 Å². The number of nitrogens with one attached hydrogen (secondary N) is 1. The smallest absolute Gasteiger partial charge is 0.115 e. The van der Waals surface area contributed by atoms with E-state index in [2.05, 4.69) is 17.6 Å². The fourth-order valence-corrected chi connectivity index (χ4v) is 2.72. The van der Waals surface area contributed by atoms with Gasteiger partial charge in [-0.15, -0.1) is 0 Å². The summed E-state index contributed by atoms with van der Waals surface area (Å²) < 4.78 is 0. The minimum absolute atomic E-state index is 0.211. The average molecular weight is 269 g/mol. The van der Waals surface area contributed by atoms with E-state index in [1.165, 1.54) is 11.1 Å². The van der Waals surface area contributed by atoms with Crippen LogP contribution in [0.15, 0.2) is 48.5 Å². The first-order valence-corrected chi connectivity index (χ1v) is 7.06. The van der Waals surface area contributed by atoms with Crippen molar-refractivity contribution in [3.05, 3.63) is 65.2 Å². The van der Waals surface area contributed by atoms with Gasteiger partial charge < -0.3 is 5.11 Å². The highest BCUT2D eigenvalue weighted by Gasteiger charge is 2.20. The molecular formula is C17H19NO2. The largest absolute Gasteiger partial charge is 0.508 e. The average Bonchev–Trinajstić information content (AvgIpc) is 2.48. The van der Waals surface area contributed by atoms with Crippen molar-refractivity contribution in [3.63, 3.8) is 0 Å². The van der Waals surface area contributed by atoms with E-state index in [9.17, 15) is 5.11 Å². The monoisotopic (exact) mass is 269 g/mol. The van der Waals surface area contributed by atoms with Crippen LogP contribution in [-0.2, 0) is 17.9 Å². The normalized spacial score (nSPS) is 17.7. The first-order valence-electron chi connectivity index (χ1n) is 7.06. The van der Waals surface area contributed by atoms with E-state index in [0.29, 0.717) is 12.4 Å². The van der Waals surface area contributed by atoms with Crippen LogP contribution in [0.2, 0.25) is 0 Å². The summed E-state index contributed by atoms with van der Waals surface area (Å²) in [7, 11) is 0. The van der Waals surface area contributed by atoms with Crippen molar-refractivity contribution in [1.29, 1.82) is 0 Å². The molecule has 0 bridgehead atoms. The lowest BCUT2D eigenvalue weighted by molar-refractivity contribution is -0.000892. The molecular weight excluding hydrogens is 250 g/mol. The van der Waals surface area contributed by atoms with Gasteiger partial charge in [-0.1, -0.05) is 36.4 Å².